The van der Waals surface area contributed by atoms with E-state index in [0.29, 0.717) is 18.3 Å². The number of halogens is 1. The Balaban J connectivity index is 1.54. The van der Waals surface area contributed by atoms with Crippen molar-refractivity contribution in [3.8, 4) is 11.5 Å². The monoisotopic (exact) mass is 332 g/mol. The number of aromatic hydroxyl groups is 1. The number of phenolic OH excluding ortho intramolecular Hbond substituents is 1. The van der Waals surface area contributed by atoms with Crippen molar-refractivity contribution in [2.75, 3.05) is 26.2 Å². The van der Waals surface area contributed by atoms with E-state index in [1.54, 1.807) is 24.3 Å². The van der Waals surface area contributed by atoms with Crippen LogP contribution < -0.4 is 10.1 Å². The zero-order chi connectivity index (χ0) is 16.1. The SMILES string of the molecule is Oc1ccc(OC(Cl)CN2CCNC(c3ccccc3)C2)cc1. The van der Waals surface area contributed by atoms with Gasteiger partial charge in [-0.15, -0.1) is 0 Å². The zero-order valence-electron chi connectivity index (χ0n) is 12.9. The highest BCUT2D eigenvalue weighted by atomic mass is 35.5. The lowest BCUT2D eigenvalue weighted by molar-refractivity contribution is 0.149. The summed E-state index contributed by atoms with van der Waals surface area (Å²) in [7, 11) is 0. The minimum atomic E-state index is -0.422. The third-order valence-electron chi connectivity index (χ3n) is 3.96. The lowest BCUT2D eigenvalue weighted by Crippen LogP contribution is -2.48. The van der Waals surface area contributed by atoms with Gasteiger partial charge >= 0.3 is 0 Å². The molecule has 2 N–H and O–H groups in total. The first-order valence-electron chi connectivity index (χ1n) is 7.81. The summed E-state index contributed by atoms with van der Waals surface area (Å²) in [6, 6.07) is 17.4. The number of benzene rings is 2. The van der Waals surface area contributed by atoms with E-state index in [-0.39, 0.29) is 5.75 Å². The Hall–Kier alpha value is -1.75. The molecule has 0 bridgehead atoms. The average molecular weight is 333 g/mol. The van der Waals surface area contributed by atoms with Crippen molar-refractivity contribution in [3.63, 3.8) is 0 Å². The van der Waals surface area contributed by atoms with E-state index >= 15 is 0 Å². The molecule has 1 aliphatic heterocycles. The van der Waals surface area contributed by atoms with E-state index in [9.17, 15) is 5.11 Å². The van der Waals surface area contributed by atoms with Crippen LogP contribution in [-0.2, 0) is 0 Å². The van der Waals surface area contributed by atoms with Gasteiger partial charge in [-0.3, -0.25) is 4.90 Å². The molecule has 5 heteroatoms. The van der Waals surface area contributed by atoms with E-state index in [4.69, 9.17) is 16.3 Å². The van der Waals surface area contributed by atoms with Crippen LogP contribution in [0.25, 0.3) is 0 Å². The van der Waals surface area contributed by atoms with Crippen LogP contribution in [0, 0.1) is 0 Å². The van der Waals surface area contributed by atoms with E-state index in [1.807, 2.05) is 6.07 Å². The summed E-state index contributed by atoms with van der Waals surface area (Å²) in [5.74, 6) is 0.883. The van der Waals surface area contributed by atoms with Crippen LogP contribution in [-0.4, -0.2) is 41.7 Å². The molecule has 0 aromatic heterocycles. The summed E-state index contributed by atoms with van der Waals surface area (Å²) < 4.78 is 5.71. The van der Waals surface area contributed by atoms with Gasteiger partial charge in [-0.1, -0.05) is 41.9 Å². The van der Waals surface area contributed by atoms with Crippen molar-refractivity contribution >= 4 is 11.6 Å². The Morgan fingerprint density at radius 1 is 1.17 bits per heavy atom. The van der Waals surface area contributed by atoms with Gasteiger partial charge in [0.1, 0.15) is 11.5 Å². The minimum Gasteiger partial charge on any atom is -0.508 e. The highest BCUT2D eigenvalue weighted by Crippen LogP contribution is 2.20. The van der Waals surface area contributed by atoms with Crippen molar-refractivity contribution in [1.82, 2.24) is 10.2 Å². The summed E-state index contributed by atoms with van der Waals surface area (Å²) in [5.41, 5.74) is 0.872. The third-order valence-corrected chi connectivity index (χ3v) is 4.19. The number of rotatable bonds is 5. The van der Waals surface area contributed by atoms with Crippen LogP contribution in [0.5, 0.6) is 11.5 Å². The van der Waals surface area contributed by atoms with Crippen molar-refractivity contribution in [2.45, 2.75) is 11.6 Å². The smallest absolute Gasteiger partial charge is 0.184 e. The van der Waals surface area contributed by atoms with Crippen molar-refractivity contribution in [1.29, 1.82) is 0 Å². The molecule has 4 nitrogen and oxygen atoms in total. The van der Waals surface area contributed by atoms with Crippen LogP contribution in [0.2, 0.25) is 0 Å². The first kappa shape index (κ1) is 16.1. The number of hydrogen-bond donors (Lipinski definition) is 2. The molecule has 2 unspecified atom stereocenters. The molecule has 1 fully saturated rings. The number of nitrogens with zero attached hydrogens (tertiary/aromatic N) is 1. The lowest BCUT2D eigenvalue weighted by atomic mass is 10.0. The van der Waals surface area contributed by atoms with E-state index in [0.717, 1.165) is 19.6 Å². The lowest BCUT2D eigenvalue weighted by Gasteiger charge is -2.34. The molecule has 0 spiro atoms. The van der Waals surface area contributed by atoms with Crippen molar-refractivity contribution < 1.29 is 9.84 Å². The fraction of sp³-hybridized carbons (Fsp3) is 0.333. The Kier molecular flexibility index (Phi) is 5.39. The highest BCUT2D eigenvalue weighted by Gasteiger charge is 2.22. The topological polar surface area (TPSA) is 44.7 Å². The second-order valence-corrected chi connectivity index (χ2v) is 6.19. The van der Waals surface area contributed by atoms with Gasteiger partial charge in [0.05, 0.1) is 0 Å². The van der Waals surface area contributed by atoms with Crippen molar-refractivity contribution in [3.05, 3.63) is 60.2 Å². The molecular formula is C18H21ClN2O2. The van der Waals surface area contributed by atoms with Gasteiger partial charge in [0.2, 0.25) is 0 Å². The summed E-state index contributed by atoms with van der Waals surface area (Å²) in [4.78, 5) is 2.31. The zero-order valence-corrected chi connectivity index (χ0v) is 13.6. The summed E-state index contributed by atoms with van der Waals surface area (Å²) in [6.07, 6.45) is 0. The molecule has 0 amide bonds. The van der Waals surface area contributed by atoms with Crippen LogP contribution in [0.4, 0.5) is 0 Å². The maximum Gasteiger partial charge on any atom is 0.184 e. The first-order valence-corrected chi connectivity index (χ1v) is 8.25. The molecule has 0 radical (unpaired) electrons. The predicted octanol–water partition coefficient (Wildman–Crippen LogP) is 2.98. The predicted molar refractivity (Wildman–Crippen MR) is 92.0 cm³/mol. The second-order valence-electron chi connectivity index (χ2n) is 5.70. The van der Waals surface area contributed by atoms with E-state index < -0.39 is 5.56 Å². The van der Waals surface area contributed by atoms with E-state index in [1.165, 1.54) is 5.56 Å². The Labute approximate surface area is 141 Å². The molecule has 23 heavy (non-hydrogen) atoms. The fourth-order valence-electron chi connectivity index (χ4n) is 2.80. The number of alkyl halides is 1. The summed E-state index contributed by atoms with van der Waals surface area (Å²) in [5, 5.41) is 12.8. The second kappa shape index (κ2) is 7.68. The van der Waals surface area contributed by atoms with Crippen LogP contribution in [0.15, 0.2) is 54.6 Å². The number of piperazine rings is 1. The maximum atomic E-state index is 9.29. The molecule has 2 aromatic rings. The van der Waals surface area contributed by atoms with Gasteiger partial charge in [0, 0.05) is 32.2 Å². The van der Waals surface area contributed by atoms with Crippen LogP contribution in [0.1, 0.15) is 11.6 Å². The number of ether oxygens (including phenoxy) is 1. The molecular weight excluding hydrogens is 312 g/mol. The normalized spacial score (nSPS) is 20.1. The van der Waals surface area contributed by atoms with Gasteiger partial charge in [0.15, 0.2) is 5.56 Å². The largest absolute Gasteiger partial charge is 0.508 e. The maximum absolute atomic E-state index is 9.29. The van der Waals surface area contributed by atoms with Crippen LogP contribution >= 0.6 is 11.6 Å². The van der Waals surface area contributed by atoms with Crippen molar-refractivity contribution in [2.24, 2.45) is 0 Å². The first-order chi connectivity index (χ1) is 11.2. The molecule has 0 aliphatic carbocycles. The molecule has 0 saturated carbocycles. The third kappa shape index (κ3) is 4.61. The standard InChI is InChI=1S/C18H21ClN2O2/c19-18(23-16-8-6-15(22)7-9-16)13-21-11-10-20-17(12-21)14-4-2-1-3-5-14/h1-9,17-18,20,22H,10-13H2. The molecule has 3 rings (SSSR count). The van der Waals surface area contributed by atoms with Gasteiger partial charge < -0.3 is 15.2 Å². The molecule has 1 aliphatic rings. The quantitative estimate of drug-likeness (QED) is 0.826. The molecule has 1 heterocycles. The highest BCUT2D eigenvalue weighted by molar-refractivity contribution is 6.20. The van der Waals surface area contributed by atoms with Gasteiger partial charge in [-0.25, -0.2) is 0 Å². The van der Waals surface area contributed by atoms with Crippen LogP contribution in [0.3, 0.4) is 0 Å². The van der Waals surface area contributed by atoms with Gasteiger partial charge in [0.25, 0.3) is 0 Å². The Morgan fingerprint density at radius 3 is 2.65 bits per heavy atom. The number of nitrogens with one attached hydrogen (secondary N) is 1. The molecule has 2 aromatic carbocycles. The summed E-state index contributed by atoms with van der Waals surface area (Å²) in [6.45, 7) is 3.45. The van der Waals surface area contributed by atoms with E-state index in [2.05, 4.69) is 34.5 Å². The molecule has 2 atom stereocenters. The molecule has 1 saturated heterocycles. The van der Waals surface area contributed by atoms with Gasteiger partial charge in [-0.05, 0) is 29.8 Å². The average Bonchev–Trinajstić information content (AvgIpc) is 2.58. The number of phenols is 1. The Morgan fingerprint density at radius 2 is 1.91 bits per heavy atom. The Bertz CT molecular complexity index is 606. The van der Waals surface area contributed by atoms with Gasteiger partial charge in [-0.2, -0.15) is 0 Å². The minimum absolute atomic E-state index is 0.219. The number of hydrogen-bond acceptors (Lipinski definition) is 4. The fourth-order valence-corrected chi connectivity index (χ4v) is 3.10. The summed E-state index contributed by atoms with van der Waals surface area (Å²) >= 11 is 6.34. The molecule has 122 valence electrons.